The van der Waals surface area contributed by atoms with Crippen molar-refractivity contribution in [1.82, 2.24) is 9.97 Å². The van der Waals surface area contributed by atoms with Crippen molar-refractivity contribution in [3.63, 3.8) is 0 Å². The highest BCUT2D eigenvalue weighted by Gasteiger charge is 2.33. The zero-order valence-corrected chi connectivity index (χ0v) is 12.6. The fourth-order valence-electron chi connectivity index (χ4n) is 1.77. The summed E-state index contributed by atoms with van der Waals surface area (Å²) in [5.74, 6) is -0.529. The molecule has 2 aromatic rings. The lowest BCUT2D eigenvalue weighted by Crippen LogP contribution is -2.10. The van der Waals surface area contributed by atoms with Gasteiger partial charge in [-0.2, -0.15) is 13.2 Å². The molecule has 122 valence electrons. The molecule has 9 heteroatoms. The summed E-state index contributed by atoms with van der Waals surface area (Å²) in [5, 5.41) is 2.18. The van der Waals surface area contributed by atoms with Crippen LogP contribution in [0.1, 0.15) is 11.3 Å². The quantitative estimate of drug-likeness (QED) is 0.677. The Bertz CT molecular complexity index is 723. The van der Waals surface area contributed by atoms with Crippen LogP contribution in [0.2, 0.25) is 5.28 Å². The highest BCUT2D eigenvalue weighted by Crippen LogP contribution is 2.30. The number of halogens is 4. The largest absolute Gasteiger partial charge is 0.469 e. The fourth-order valence-corrected chi connectivity index (χ4v) is 1.95. The van der Waals surface area contributed by atoms with Crippen LogP contribution in [0.4, 0.5) is 24.7 Å². The van der Waals surface area contributed by atoms with Crippen molar-refractivity contribution in [1.29, 1.82) is 0 Å². The molecular formula is C14H11ClF3N3O2. The summed E-state index contributed by atoms with van der Waals surface area (Å²) < 4.78 is 42.7. The predicted octanol–water partition coefficient (Wildman–Crippen LogP) is 3.61. The Labute approximate surface area is 134 Å². The van der Waals surface area contributed by atoms with Gasteiger partial charge in [-0.05, 0) is 29.3 Å². The van der Waals surface area contributed by atoms with Gasteiger partial charge in [0.1, 0.15) is 5.82 Å². The number of hydrogen-bond donors (Lipinski definition) is 1. The minimum absolute atomic E-state index is 0.0460. The number of alkyl halides is 3. The topological polar surface area (TPSA) is 64.1 Å². The van der Waals surface area contributed by atoms with E-state index in [-0.39, 0.29) is 12.2 Å². The predicted molar refractivity (Wildman–Crippen MR) is 77.5 cm³/mol. The number of rotatable bonds is 4. The average molecular weight is 346 g/mol. The number of ether oxygens (including phenoxy) is 1. The van der Waals surface area contributed by atoms with Gasteiger partial charge in [0.25, 0.3) is 0 Å². The summed E-state index contributed by atoms with van der Waals surface area (Å²) in [6.07, 6.45) is -4.58. The van der Waals surface area contributed by atoms with Gasteiger partial charge < -0.3 is 10.1 Å². The molecule has 0 aliphatic heterocycles. The molecule has 2 rings (SSSR count). The van der Waals surface area contributed by atoms with Gasteiger partial charge in [-0.15, -0.1) is 0 Å². The van der Waals surface area contributed by atoms with Gasteiger partial charge in [-0.25, -0.2) is 9.97 Å². The van der Waals surface area contributed by atoms with Crippen LogP contribution in [0.25, 0.3) is 0 Å². The van der Waals surface area contributed by atoms with Gasteiger partial charge in [-0.1, -0.05) is 12.1 Å². The number of methoxy groups -OCH3 is 1. The molecule has 0 amide bonds. The van der Waals surface area contributed by atoms with Crippen LogP contribution in [-0.4, -0.2) is 23.0 Å². The summed E-state index contributed by atoms with van der Waals surface area (Å²) in [6.45, 7) is 0. The molecule has 0 saturated carbocycles. The van der Waals surface area contributed by atoms with Crippen molar-refractivity contribution >= 4 is 29.1 Å². The Kier molecular flexibility index (Phi) is 5.05. The Morgan fingerprint density at radius 2 is 2.04 bits per heavy atom. The molecule has 1 N–H and O–H groups in total. The van der Waals surface area contributed by atoms with E-state index >= 15 is 0 Å². The second kappa shape index (κ2) is 6.82. The normalized spacial score (nSPS) is 11.2. The first-order chi connectivity index (χ1) is 10.8. The molecule has 0 atom stereocenters. The van der Waals surface area contributed by atoms with Crippen molar-refractivity contribution in [2.45, 2.75) is 12.6 Å². The van der Waals surface area contributed by atoms with Gasteiger partial charge in [-0.3, -0.25) is 4.79 Å². The summed E-state index contributed by atoms with van der Waals surface area (Å²) in [6, 6.07) is 7.30. The summed E-state index contributed by atoms with van der Waals surface area (Å²) in [5.41, 5.74) is -0.0574. The minimum atomic E-state index is -4.63. The van der Waals surface area contributed by atoms with E-state index in [1.54, 1.807) is 24.3 Å². The Morgan fingerprint density at radius 3 is 2.70 bits per heavy atom. The third kappa shape index (κ3) is 4.82. The fraction of sp³-hybridized carbons (Fsp3) is 0.214. The van der Waals surface area contributed by atoms with E-state index in [1.807, 2.05) is 0 Å². The number of aromatic nitrogens is 2. The van der Waals surface area contributed by atoms with Crippen LogP contribution >= 0.6 is 11.6 Å². The number of esters is 1. The van der Waals surface area contributed by atoms with E-state index in [0.29, 0.717) is 11.3 Å². The third-order valence-corrected chi connectivity index (χ3v) is 2.93. The second-order valence-electron chi connectivity index (χ2n) is 4.48. The lowest BCUT2D eigenvalue weighted by molar-refractivity contribution is -0.141. The van der Waals surface area contributed by atoms with E-state index in [9.17, 15) is 18.0 Å². The Balaban J connectivity index is 2.24. The van der Waals surface area contributed by atoms with Crippen LogP contribution in [0.5, 0.6) is 0 Å². The number of nitrogens with zero attached hydrogens (tertiary/aromatic N) is 2. The molecule has 0 bridgehead atoms. The molecule has 1 aromatic carbocycles. The van der Waals surface area contributed by atoms with Crippen molar-refractivity contribution in [2.75, 3.05) is 12.4 Å². The molecule has 0 saturated heterocycles. The van der Waals surface area contributed by atoms with E-state index < -0.39 is 23.1 Å². The first-order valence-electron chi connectivity index (χ1n) is 6.32. The number of carbonyl (C=O) groups excluding carboxylic acids is 1. The van der Waals surface area contributed by atoms with E-state index in [2.05, 4.69) is 20.0 Å². The maximum absolute atomic E-state index is 12.7. The van der Waals surface area contributed by atoms with E-state index in [4.69, 9.17) is 11.6 Å². The molecular weight excluding hydrogens is 335 g/mol. The molecule has 0 unspecified atom stereocenters. The first kappa shape index (κ1) is 17.0. The molecule has 0 aliphatic rings. The van der Waals surface area contributed by atoms with Crippen LogP contribution in [0, 0.1) is 0 Å². The van der Waals surface area contributed by atoms with Gasteiger partial charge in [0.05, 0.1) is 13.5 Å². The highest BCUT2D eigenvalue weighted by atomic mass is 35.5. The van der Waals surface area contributed by atoms with Gasteiger partial charge in [0, 0.05) is 11.8 Å². The van der Waals surface area contributed by atoms with E-state index in [1.165, 1.54) is 7.11 Å². The standard InChI is InChI=1S/C14H11ClF3N3O2/c1-23-12(22)6-8-3-2-4-9(5-8)19-11-7-10(14(16,17)18)20-13(15)21-11/h2-5,7H,6H2,1H3,(H,19,20,21). The van der Waals surface area contributed by atoms with Crippen molar-refractivity contribution in [3.05, 3.63) is 46.9 Å². The Morgan fingerprint density at radius 1 is 1.30 bits per heavy atom. The third-order valence-electron chi connectivity index (χ3n) is 2.76. The van der Waals surface area contributed by atoms with E-state index in [0.717, 1.165) is 6.07 Å². The van der Waals surface area contributed by atoms with Crippen LogP contribution in [0.3, 0.4) is 0 Å². The molecule has 0 aliphatic carbocycles. The summed E-state index contributed by atoms with van der Waals surface area (Å²) >= 11 is 5.52. The Hall–Kier alpha value is -2.35. The lowest BCUT2D eigenvalue weighted by atomic mass is 10.1. The van der Waals surface area contributed by atoms with Crippen LogP contribution in [0.15, 0.2) is 30.3 Å². The number of nitrogens with one attached hydrogen (secondary N) is 1. The van der Waals surface area contributed by atoms with Gasteiger partial charge in [0.15, 0.2) is 5.69 Å². The van der Waals surface area contributed by atoms with Crippen molar-refractivity contribution in [2.24, 2.45) is 0 Å². The molecule has 0 radical (unpaired) electrons. The molecule has 5 nitrogen and oxygen atoms in total. The van der Waals surface area contributed by atoms with Gasteiger partial charge >= 0.3 is 12.1 Å². The number of carbonyl (C=O) groups is 1. The number of benzene rings is 1. The SMILES string of the molecule is COC(=O)Cc1cccc(Nc2cc(C(F)(F)F)nc(Cl)n2)c1. The van der Waals surface area contributed by atoms with Gasteiger partial charge in [0.2, 0.25) is 5.28 Å². The highest BCUT2D eigenvalue weighted by molar-refractivity contribution is 6.28. The number of anilines is 2. The summed E-state index contributed by atoms with van der Waals surface area (Å²) in [4.78, 5) is 18.1. The molecule has 0 fully saturated rings. The smallest absolute Gasteiger partial charge is 0.433 e. The maximum Gasteiger partial charge on any atom is 0.433 e. The molecule has 0 spiro atoms. The van der Waals surface area contributed by atoms with Crippen LogP contribution in [-0.2, 0) is 22.1 Å². The lowest BCUT2D eigenvalue weighted by Gasteiger charge is -2.10. The summed E-state index contributed by atoms with van der Waals surface area (Å²) in [7, 11) is 1.27. The zero-order valence-electron chi connectivity index (χ0n) is 11.8. The zero-order chi connectivity index (χ0) is 17.0. The van der Waals surface area contributed by atoms with Crippen molar-refractivity contribution < 1.29 is 22.7 Å². The van der Waals surface area contributed by atoms with Crippen LogP contribution < -0.4 is 5.32 Å². The maximum atomic E-state index is 12.7. The molecule has 1 aromatic heterocycles. The first-order valence-corrected chi connectivity index (χ1v) is 6.70. The molecule has 1 heterocycles. The minimum Gasteiger partial charge on any atom is -0.469 e. The van der Waals surface area contributed by atoms with Crippen molar-refractivity contribution in [3.8, 4) is 0 Å². The number of hydrogen-bond acceptors (Lipinski definition) is 5. The second-order valence-corrected chi connectivity index (χ2v) is 4.82. The molecule has 23 heavy (non-hydrogen) atoms. The monoisotopic (exact) mass is 345 g/mol. The average Bonchev–Trinajstić information content (AvgIpc) is 2.46.